The second-order valence-corrected chi connectivity index (χ2v) is 9.42. The summed E-state index contributed by atoms with van der Waals surface area (Å²) in [5.74, 6) is -0.146. The lowest BCUT2D eigenvalue weighted by Crippen LogP contribution is -2.50. The first-order valence-electron chi connectivity index (χ1n) is 12.4. The summed E-state index contributed by atoms with van der Waals surface area (Å²) < 4.78 is 0. The zero-order valence-electron chi connectivity index (χ0n) is 20.7. The smallest absolute Gasteiger partial charge is 0.243 e. The number of nitrogens with zero attached hydrogens (tertiary/aromatic N) is 1. The van der Waals surface area contributed by atoms with Crippen molar-refractivity contribution in [3.63, 3.8) is 0 Å². The van der Waals surface area contributed by atoms with Gasteiger partial charge >= 0.3 is 0 Å². The summed E-state index contributed by atoms with van der Waals surface area (Å²) in [5.41, 5.74) is 4.27. The molecule has 0 heterocycles. The third-order valence-electron chi connectivity index (χ3n) is 6.11. The number of hydrogen-bond acceptors (Lipinski definition) is 2. The van der Waals surface area contributed by atoms with Gasteiger partial charge in [0.05, 0.1) is 0 Å². The molecule has 1 unspecified atom stereocenters. The third kappa shape index (κ3) is 8.56. The molecule has 0 radical (unpaired) electrons. The zero-order chi connectivity index (χ0) is 25.0. The Morgan fingerprint density at radius 3 is 2.20 bits per heavy atom. The molecule has 1 N–H and O–H groups in total. The molecule has 35 heavy (non-hydrogen) atoms. The number of carbonyl (C=O) groups excluding carboxylic acids is 2. The summed E-state index contributed by atoms with van der Waals surface area (Å²) in [7, 11) is 0. The van der Waals surface area contributed by atoms with E-state index in [1.165, 1.54) is 5.56 Å². The number of halogens is 1. The molecule has 0 aliphatic carbocycles. The molecule has 0 aliphatic heterocycles. The molecule has 0 aliphatic rings. The van der Waals surface area contributed by atoms with Crippen molar-refractivity contribution in [3.05, 3.63) is 106 Å². The summed E-state index contributed by atoms with van der Waals surface area (Å²) in [5, 5.41) is 3.70. The molecule has 0 bridgehead atoms. The van der Waals surface area contributed by atoms with Gasteiger partial charge in [-0.25, -0.2) is 0 Å². The fraction of sp³-hybridized carbons (Fsp3) is 0.333. The van der Waals surface area contributed by atoms with Gasteiger partial charge in [-0.1, -0.05) is 97.2 Å². The number of rotatable bonds is 12. The Hall–Kier alpha value is -3.11. The van der Waals surface area contributed by atoms with Crippen molar-refractivity contribution in [3.8, 4) is 0 Å². The van der Waals surface area contributed by atoms with Crippen molar-refractivity contribution in [1.29, 1.82) is 0 Å². The lowest BCUT2D eigenvalue weighted by molar-refractivity contribution is -0.141. The number of carbonyl (C=O) groups is 2. The van der Waals surface area contributed by atoms with E-state index in [0.29, 0.717) is 37.4 Å². The summed E-state index contributed by atoms with van der Waals surface area (Å²) in [6.07, 6.45) is 3.33. The Labute approximate surface area is 214 Å². The van der Waals surface area contributed by atoms with Gasteiger partial charge in [-0.2, -0.15) is 0 Å². The number of nitrogens with one attached hydrogen (secondary N) is 1. The van der Waals surface area contributed by atoms with E-state index in [1.807, 2.05) is 61.5 Å². The van der Waals surface area contributed by atoms with Gasteiger partial charge in [0, 0.05) is 31.0 Å². The fourth-order valence-electron chi connectivity index (χ4n) is 4.00. The molecule has 0 spiro atoms. The van der Waals surface area contributed by atoms with Gasteiger partial charge in [0.25, 0.3) is 0 Å². The van der Waals surface area contributed by atoms with Crippen LogP contribution in [0.5, 0.6) is 0 Å². The highest BCUT2D eigenvalue weighted by molar-refractivity contribution is 6.30. The van der Waals surface area contributed by atoms with Gasteiger partial charge in [-0.15, -0.1) is 0 Å². The summed E-state index contributed by atoms with van der Waals surface area (Å²) >= 11 is 6.09. The van der Waals surface area contributed by atoms with Crippen LogP contribution in [0.4, 0.5) is 0 Å². The molecule has 0 aromatic heterocycles. The predicted molar refractivity (Wildman–Crippen MR) is 143 cm³/mol. The number of aryl methyl sites for hydroxylation is 2. The van der Waals surface area contributed by atoms with Crippen LogP contribution in [0.3, 0.4) is 0 Å². The maximum Gasteiger partial charge on any atom is 0.243 e. The van der Waals surface area contributed by atoms with Crippen LogP contribution in [0, 0.1) is 6.92 Å². The van der Waals surface area contributed by atoms with Crippen LogP contribution in [0.2, 0.25) is 5.02 Å². The van der Waals surface area contributed by atoms with Crippen molar-refractivity contribution in [2.45, 2.75) is 58.5 Å². The Balaban J connectivity index is 1.86. The maximum absolute atomic E-state index is 13.6. The lowest BCUT2D eigenvalue weighted by Gasteiger charge is -2.31. The Bertz CT molecular complexity index is 1070. The van der Waals surface area contributed by atoms with Gasteiger partial charge in [0.2, 0.25) is 11.8 Å². The molecule has 5 heteroatoms. The van der Waals surface area contributed by atoms with Gasteiger partial charge in [0.15, 0.2) is 0 Å². The van der Waals surface area contributed by atoms with Crippen LogP contribution >= 0.6 is 11.6 Å². The highest BCUT2D eigenvalue weighted by Crippen LogP contribution is 2.18. The van der Waals surface area contributed by atoms with E-state index in [1.54, 1.807) is 4.90 Å². The van der Waals surface area contributed by atoms with Crippen LogP contribution in [0.15, 0.2) is 78.9 Å². The van der Waals surface area contributed by atoms with Crippen LogP contribution in [0.25, 0.3) is 0 Å². The quantitative estimate of drug-likeness (QED) is 0.310. The van der Waals surface area contributed by atoms with E-state index in [9.17, 15) is 9.59 Å². The molecule has 184 valence electrons. The summed E-state index contributed by atoms with van der Waals surface area (Å²) in [4.78, 5) is 28.8. The maximum atomic E-state index is 13.6. The van der Waals surface area contributed by atoms with E-state index in [4.69, 9.17) is 11.6 Å². The molecule has 1 atom stereocenters. The van der Waals surface area contributed by atoms with Crippen molar-refractivity contribution in [2.75, 3.05) is 6.54 Å². The van der Waals surface area contributed by atoms with Crippen LogP contribution in [-0.2, 0) is 29.0 Å². The van der Waals surface area contributed by atoms with E-state index in [0.717, 1.165) is 29.5 Å². The van der Waals surface area contributed by atoms with E-state index < -0.39 is 6.04 Å². The molecular weight excluding hydrogens is 456 g/mol. The standard InChI is InChI=1S/C30H35ClN2O2/c1-3-4-20-32-30(35)28(21-25-8-6-5-7-9-25)33(22-26-14-17-27(31)18-15-26)29(34)19-16-24-12-10-23(2)11-13-24/h5-15,17-18,28H,3-4,16,19-22H2,1-2H3,(H,32,35). The number of unbranched alkanes of at least 4 members (excludes halogenated alkanes) is 1. The molecule has 4 nitrogen and oxygen atoms in total. The first-order chi connectivity index (χ1) is 17.0. The molecule has 3 rings (SSSR count). The van der Waals surface area contributed by atoms with E-state index in [-0.39, 0.29) is 11.8 Å². The minimum Gasteiger partial charge on any atom is -0.354 e. The number of benzene rings is 3. The van der Waals surface area contributed by atoms with Gasteiger partial charge in [-0.05, 0) is 48.6 Å². The molecular formula is C30H35ClN2O2. The second-order valence-electron chi connectivity index (χ2n) is 8.98. The monoisotopic (exact) mass is 490 g/mol. The first kappa shape index (κ1) is 26.5. The van der Waals surface area contributed by atoms with Gasteiger partial charge < -0.3 is 10.2 Å². The van der Waals surface area contributed by atoms with Gasteiger partial charge in [-0.3, -0.25) is 9.59 Å². The number of hydrogen-bond donors (Lipinski definition) is 1. The fourth-order valence-corrected chi connectivity index (χ4v) is 4.12. The molecule has 2 amide bonds. The van der Waals surface area contributed by atoms with Crippen molar-refractivity contribution >= 4 is 23.4 Å². The lowest BCUT2D eigenvalue weighted by atomic mass is 10.0. The SMILES string of the molecule is CCCCNC(=O)C(Cc1ccccc1)N(Cc1ccc(Cl)cc1)C(=O)CCc1ccc(C)cc1. The molecule has 0 fully saturated rings. The highest BCUT2D eigenvalue weighted by atomic mass is 35.5. The molecule has 3 aromatic carbocycles. The Kier molecular flexibility index (Phi) is 10.4. The highest BCUT2D eigenvalue weighted by Gasteiger charge is 2.30. The van der Waals surface area contributed by atoms with Crippen LogP contribution in [-0.4, -0.2) is 29.3 Å². The minimum atomic E-state index is -0.601. The van der Waals surface area contributed by atoms with E-state index in [2.05, 4.69) is 36.5 Å². The molecule has 0 saturated carbocycles. The van der Waals surface area contributed by atoms with Crippen molar-refractivity contribution in [2.24, 2.45) is 0 Å². The summed E-state index contributed by atoms with van der Waals surface area (Å²) in [6.45, 7) is 5.10. The minimum absolute atomic E-state index is 0.0351. The Morgan fingerprint density at radius 2 is 1.54 bits per heavy atom. The van der Waals surface area contributed by atoms with Crippen LogP contribution < -0.4 is 5.32 Å². The third-order valence-corrected chi connectivity index (χ3v) is 6.37. The van der Waals surface area contributed by atoms with E-state index >= 15 is 0 Å². The topological polar surface area (TPSA) is 49.4 Å². The average molecular weight is 491 g/mol. The summed E-state index contributed by atoms with van der Waals surface area (Å²) in [6, 6.07) is 25.0. The number of amides is 2. The van der Waals surface area contributed by atoms with Crippen LogP contribution in [0.1, 0.15) is 48.4 Å². The van der Waals surface area contributed by atoms with Gasteiger partial charge in [0.1, 0.15) is 6.04 Å². The van der Waals surface area contributed by atoms with Crippen molar-refractivity contribution in [1.82, 2.24) is 10.2 Å². The van der Waals surface area contributed by atoms with Crippen molar-refractivity contribution < 1.29 is 9.59 Å². The second kappa shape index (κ2) is 13.7. The average Bonchev–Trinajstić information content (AvgIpc) is 2.87. The largest absolute Gasteiger partial charge is 0.354 e. The predicted octanol–water partition coefficient (Wildman–Crippen LogP) is 6.14. The molecule has 0 saturated heterocycles. The molecule has 3 aromatic rings. The zero-order valence-corrected chi connectivity index (χ0v) is 21.4. The normalized spacial score (nSPS) is 11.6. The Morgan fingerprint density at radius 1 is 0.886 bits per heavy atom. The first-order valence-corrected chi connectivity index (χ1v) is 12.7.